The van der Waals surface area contributed by atoms with Crippen molar-refractivity contribution in [2.75, 3.05) is 6.61 Å². The highest BCUT2D eigenvalue weighted by molar-refractivity contribution is 5.96. The zero-order chi connectivity index (χ0) is 20.3. The highest BCUT2D eigenvalue weighted by atomic mass is 16.5. The van der Waals surface area contributed by atoms with Crippen LogP contribution in [0.15, 0.2) is 11.6 Å². The maximum atomic E-state index is 12.8. The summed E-state index contributed by atoms with van der Waals surface area (Å²) in [5.41, 5.74) is 1.20. The van der Waals surface area contributed by atoms with Crippen LogP contribution in [-0.2, 0) is 19.1 Å². The predicted octanol–water partition coefficient (Wildman–Crippen LogP) is 4.51. The van der Waals surface area contributed by atoms with Gasteiger partial charge < -0.3 is 4.74 Å². The van der Waals surface area contributed by atoms with Crippen LogP contribution in [-0.4, -0.2) is 24.1 Å². The highest BCUT2D eigenvalue weighted by Crippen LogP contribution is 2.64. The lowest BCUT2D eigenvalue weighted by atomic mass is 9.50. The fourth-order valence-electron chi connectivity index (χ4n) is 7.30. The number of rotatable bonds is 3. The van der Waals surface area contributed by atoms with Gasteiger partial charge in [-0.25, -0.2) is 0 Å². The molecule has 4 heteroatoms. The summed E-state index contributed by atoms with van der Waals surface area (Å²) < 4.78 is 5.02. The number of hydrogen-bond donors (Lipinski definition) is 0. The molecule has 6 atom stereocenters. The van der Waals surface area contributed by atoms with Gasteiger partial charge in [-0.05, 0) is 80.1 Å². The third kappa shape index (κ3) is 3.07. The van der Waals surface area contributed by atoms with Crippen molar-refractivity contribution in [3.05, 3.63) is 11.6 Å². The molecule has 4 rings (SSSR count). The molecule has 3 saturated carbocycles. The largest absolute Gasteiger partial charge is 0.458 e. The first-order chi connectivity index (χ1) is 13.1. The van der Waals surface area contributed by atoms with E-state index in [2.05, 4.69) is 20.8 Å². The molecule has 0 spiro atoms. The van der Waals surface area contributed by atoms with E-state index in [1.165, 1.54) is 12.5 Å². The Labute approximate surface area is 168 Å². The van der Waals surface area contributed by atoms with E-state index in [9.17, 15) is 14.4 Å². The van der Waals surface area contributed by atoms with Crippen molar-refractivity contribution in [2.24, 2.45) is 40.4 Å². The van der Waals surface area contributed by atoms with E-state index in [4.69, 9.17) is 4.74 Å². The van der Waals surface area contributed by atoms with Gasteiger partial charge in [-0.1, -0.05) is 26.3 Å². The number of ether oxygens (including phenoxy) is 1. The van der Waals surface area contributed by atoms with Crippen LogP contribution in [0.5, 0.6) is 0 Å². The van der Waals surface area contributed by atoms with Crippen LogP contribution in [0.1, 0.15) is 72.6 Å². The van der Waals surface area contributed by atoms with Gasteiger partial charge in [0.1, 0.15) is 6.61 Å². The molecular weight excluding hydrogens is 352 g/mol. The van der Waals surface area contributed by atoms with Crippen molar-refractivity contribution in [3.63, 3.8) is 0 Å². The average molecular weight is 387 g/mol. The fraction of sp³-hybridized carbons (Fsp3) is 0.792. The van der Waals surface area contributed by atoms with Gasteiger partial charge in [0.05, 0.1) is 0 Å². The molecule has 0 bridgehead atoms. The molecule has 0 heterocycles. The zero-order valence-corrected chi connectivity index (χ0v) is 17.8. The Hall–Kier alpha value is -1.45. The number of carbonyl (C=O) groups excluding carboxylic acids is 3. The van der Waals surface area contributed by atoms with E-state index in [1.54, 1.807) is 0 Å². The average Bonchev–Trinajstić information content (AvgIpc) is 2.97. The lowest BCUT2D eigenvalue weighted by Gasteiger charge is -2.55. The summed E-state index contributed by atoms with van der Waals surface area (Å²) in [5.74, 6) is 2.52. The molecule has 0 aromatic rings. The minimum Gasteiger partial charge on any atom is -0.458 e. The fourth-order valence-corrected chi connectivity index (χ4v) is 7.30. The minimum absolute atomic E-state index is 0.0270. The summed E-state index contributed by atoms with van der Waals surface area (Å²) in [6.07, 6.45) is 9.44. The van der Waals surface area contributed by atoms with Crippen LogP contribution >= 0.6 is 0 Å². The first-order valence-corrected chi connectivity index (χ1v) is 11.0. The molecule has 0 amide bonds. The molecule has 0 aliphatic heterocycles. The Morgan fingerprint density at radius 2 is 1.86 bits per heavy atom. The standard InChI is InChI=1S/C24H34O4/c1-14(25)28-13-21(26)20-8-7-19-17-6-5-15-11-22(27)23(2,3)12-18(15)16(17)9-10-24(19,20)4/h11,16-20H,5-10,12-13H2,1-4H3/t16-,17+,18-,19-,20+,24-/m0/s1. The van der Waals surface area contributed by atoms with Crippen LogP contribution < -0.4 is 0 Å². The topological polar surface area (TPSA) is 60.4 Å². The lowest BCUT2D eigenvalue weighted by Crippen LogP contribution is -2.49. The predicted molar refractivity (Wildman–Crippen MR) is 106 cm³/mol. The lowest BCUT2D eigenvalue weighted by molar-refractivity contribution is -0.149. The maximum absolute atomic E-state index is 12.8. The number of hydrogen-bond acceptors (Lipinski definition) is 4. The Morgan fingerprint density at radius 3 is 2.57 bits per heavy atom. The van der Waals surface area contributed by atoms with E-state index in [0.29, 0.717) is 29.5 Å². The van der Waals surface area contributed by atoms with E-state index in [0.717, 1.165) is 44.9 Å². The Morgan fingerprint density at radius 1 is 1.11 bits per heavy atom. The summed E-state index contributed by atoms with van der Waals surface area (Å²) >= 11 is 0. The number of fused-ring (bicyclic) bond motifs is 5. The second-order valence-electron chi connectivity index (χ2n) is 10.7. The van der Waals surface area contributed by atoms with Crippen LogP contribution in [0.2, 0.25) is 0 Å². The Bertz CT molecular complexity index is 733. The molecule has 0 aromatic carbocycles. The molecule has 0 unspecified atom stereocenters. The second kappa shape index (κ2) is 6.81. The summed E-state index contributed by atoms with van der Waals surface area (Å²) in [6, 6.07) is 0. The summed E-state index contributed by atoms with van der Waals surface area (Å²) in [4.78, 5) is 36.4. The molecule has 0 N–H and O–H groups in total. The van der Waals surface area contributed by atoms with E-state index >= 15 is 0 Å². The summed E-state index contributed by atoms with van der Waals surface area (Å²) in [5, 5.41) is 0. The quantitative estimate of drug-likeness (QED) is 0.670. The molecule has 0 radical (unpaired) electrons. The zero-order valence-electron chi connectivity index (χ0n) is 17.8. The van der Waals surface area contributed by atoms with Crippen molar-refractivity contribution in [1.82, 2.24) is 0 Å². The van der Waals surface area contributed by atoms with Crippen LogP contribution in [0, 0.1) is 40.4 Å². The smallest absolute Gasteiger partial charge is 0.303 e. The van der Waals surface area contributed by atoms with Gasteiger partial charge in [0.2, 0.25) is 0 Å². The second-order valence-corrected chi connectivity index (χ2v) is 10.7. The Kier molecular flexibility index (Phi) is 4.83. The molecule has 28 heavy (non-hydrogen) atoms. The molecule has 4 aliphatic rings. The number of allylic oxidation sites excluding steroid dienone is 1. The van der Waals surface area contributed by atoms with Gasteiger partial charge in [0, 0.05) is 18.3 Å². The third-order valence-corrected chi connectivity index (χ3v) is 8.77. The van der Waals surface area contributed by atoms with Gasteiger partial charge in [0.15, 0.2) is 11.6 Å². The third-order valence-electron chi connectivity index (χ3n) is 8.77. The van der Waals surface area contributed by atoms with Gasteiger partial charge in [-0.2, -0.15) is 0 Å². The number of esters is 1. The SMILES string of the molecule is CC(=O)OCC(=O)[C@H]1CC[C@H]2[C@@H]3CCC4=CC(=O)C(C)(C)C[C@@H]4[C@H]3CC[C@]12C. The van der Waals surface area contributed by atoms with Gasteiger partial charge in [-0.15, -0.1) is 0 Å². The van der Waals surface area contributed by atoms with E-state index in [1.807, 2.05) is 6.08 Å². The van der Waals surface area contributed by atoms with Gasteiger partial charge in [-0.3, -0.25) is 14.4 Å². The first kappa shape index (κ1) is 19.8. The minimum atomic E-state index is -0.377. The van der Waals surface area contributed by atoms with E-state index < -0.39 is 0 Å². The monoisotopic (exact) mass is 386 g/mol. The molecule has 4 aliphatic carbocycles. The molecular formula is C24H34O4. The number of carbonyl (C=O) groups is 3. The normalized spacial score (nSPS) is 41.4. The van der Waals surface area contributed by atoms with Gasteiger partial charge >= 0.3 is 5.97 Å². The van der Waals surface area contributed by atoms with Crippen LogP contribution in [0.4, 0.5) is 0 Å². The highest BCUT2D eigenvalue weighted by Gasteiger charge is 2.58. The van der Waals surface area contributed by atoms with Crippen molar-refractivity contribution in [3.8, 4) is 0 Å². The maximum Gasteiger partial charge on any atom is 0.303 e. The van der Waals surface area contributed by atoms with Crippen molar-refractivity contribution in [2.45, 2.75) is 72.6 Å². The van der Waals surface area contributed by atoms with Crippen molar-refractivity contribution < 1.29 is 19.1 Å². The van der Waals surface area contributed by atoms with Crippen molar-refractivity contribution >= 4 is 17.5 Å². The Balaban J connectivity index is 1.54. The summed E-state index contributed by atoms with van der Waals surface area (Å²) in [6.45, 7) is 7.80. The summed E-state index contributed by atoms with van der Waals surface area (Å²) in [7, 11) is 0. The van der Waals surface area contributed by atoms with E-state index in [-0.39, 0.29) is 35.1 Å². The first-order valence-electron chi connectivity index (χ1n) is 11.0. The van der Waals surface area contributed by atoms with Crippen LogP contribution in [0.3, 0.4) is 0 Å². The molecule has 4 nitrogen and oxygen atoms in total. The number of Topliss-reactive ketones (excluding diaryl/α,β-unsaturated/α-hetero) is 1. The molecule has 154 valence electrons. The van der Waals surface area contributed by atoms with Crippen molar-refractivity contribution in [1.29, 1.82) is 0 Å². The molecule has 3 fully saturated rings. The number of ketones is 2. The molecule has 0 aromatic heterocycles. The molecule has 0 saturated heterocycles. The van der Waals surface area contributed by atoms with Crippen LogP contribution in [0.25, 0.3) is 0 Å². The van der Waals surface area contributed by atoms with Gasteiger partial charge in [0.25, 0.3) is 0 Å².